The summed E-state index contributed by atoms with van der Waals surface area (Å²) in [6.45, 7) is 28.5. The molecule has 0 unspecified atom stereocenters. The van der Waals surface area contributed by atoms with Gasteiger partial charge in [-0.05, 0) is 0 Å². The van der Waals surface area contributed by atoms with Crippen LogP contribution in [-0.4, -0.2) is 0 Å². The van der Waals surface area contributed by atoms with Gasteiger partial charge >= 0.3 is 88.0 Å². The normalized spacial score (nSPS) is 1.17. The van der Waals surface area contributed by atoms with Crippen molar-refractivity contribution in [2.75, 3.05) is 0 Å². The van der Waals surface area contributed by atoms with Crippen molar-refractivity contribution in [1.82, 2.24) is 0 Å². The Balaban J connectivity index is -0.00000000508. The van der Waals surface area contributed by atoms with Crippen LogP contribution in [0.1, 0.15) is 0 Å². The van der Waals surface area contributed by atoms with Crippen molar-refractivity contribution in [1.29, 1.82) is 36.8 Å². The van der Waals surface area contributed by atoms with E-state index in [1.807, 2.05) is 3.58 Å². The zero-order valence-electron chi connectivity index (χ0n) is 8.74. The second-order valence-corrected chi connectivity index (χ2v) is 1.39. The van der Waals surface area contributed by atoms with Crippen LogP contribution in [0.15, 0.2) is 0 Å². The van der Waals surface area contributed by atoms with E-state index in [2.05, 4.69) is 0 Å². The van der Waals surface area contributed by atoms with Gasteiger partial charge in [-0.15, -0.1) is 0 Å². The van der Waals surface area contributed by atoms with E-state index in [9.17, 15) is 0 Å². The average molecular weight is 562 g/mol. The van der Waals surface area contributed by atoms with Gasteiger partial charge in [0.2, 0.25) is 0 Å². The Labute approximate surface area is 157 Å². The molecule has 0 aliphatic carbocycles. The second kappa shape index (κ2) is 1760000000. The van der Waals surface area contributed by atoms with Gasteiger partial charge in [-0.3, -0.25) is 0 Å². The standard InChI is InChI=1S/7CN.Hg.Mn.Ni.Zn/c7*1-2;;;;/q;6*-1;;3*+2. The van der Waals surface area contributed by atoms with E-state index < -0.39 is 0 Å². The van der Waals surface area contributed by atoms with E-state index in [0.29, 0.717) is 26.1 Å². The molecule has 0 aromatic carbocycles. The molecule has 1 radical (unpaired) electrons. The van der Waals surface area contributed by atoms with Crippen LogP contribution in [0.3, 0.4) is 0 Å². The van der Waals surface area contributed by atoms with E-state index in [1.165, 1.54) is 0 Å². The maximum Gasteiger partial charge on any atom is 2.00 e. The van der Waals surface area contributed by atoms with Crippen molar-refractivity contribution in [3.8, 4) is 3.58 Å². The van der Waals surface area contributed by atoms with E-state index in [0.717, 1.165) is 0 Å². The molecule has 0 fully saturated rings. The Morgan fingerprint density at radius 3 is 0.611 bits per heavy atom. The Morgan fingerprint density at radius 1 is 0.611 bits per heavy atom. The molecule has 11 heteroatoms. The predicted molar refractivity (Wildman–Crippen MR) is 35.4 cm³/mol. The van der Waals surface area contributed by atoms with Gasteiger partial charge in [-0.25, -0.2) is 0 Å². The minimum Gasteiger partial charge on any atom is -0.512 e. The molecule has 7 nitrogen and oxygen atoms in total. The fraction of sp³-hybridized carbons (Fsp3) is 0. The number of nitrogens with zero attached hydrogens (tertiary/aromatic N) is 7. The first-order chi connectivity index (χ1) is 7.41. The van der Waals surface area contributed by atoms with Crippen molar-refractivity contribution >= 4 is 0 Å². The first kappa shape index (κ1) is 88.8. The van der Waals surface area contributed by atoms with Gasteiger partial charge in [0, 0.05) is 0 Å². The first-order valence-corrected chi connectivity index (χ1v) is 4.67. The second-order valence-electron chi connectivity index (χ2n) is 0.158. The van der Waals surface area contributed by atoms with Crippen LogP contribution in [0.25, 0.3) is 0 Å². The molecule has 0 bridgehead atoms. The molecule has 0 amide bonds. The molecular formula is C7HgMnN7NiZn. The Kier molecular flexibility index (Phi) is 8710000000. The topological polar surface area (TPSA) is 167 Å². The molecule has 0 N–H and O–H groups in total. The molecule has 84 valence electrons. The zero-order chi connectivity index (χ0) is 14.7. The fourth-order valence-corrected chi connectivity index (χ4v) is 0. The molecule has 0 atom stereocenters. The zero-order valence-corrected chi connectivity index (χ0v) is 19.4. The fourth-order valence-electron chi connectivity index (χ4n) is 0. The first-order valence-electron chi connectivity index (χ1n) is 1.92. The van der Waals surface area contributed by atoms with Gasteiger partial charge in [-0.2, -0.15) is 0 Å². The maximum absolute atomic E-state index is 7.41. The molecule has 0 heterocycles. The van der Waals surface area contributed by atoms with Gasteiger partial charge in [0.1, 0.15) is 0 Å². The van der Waals surface area contributed by atoms with Crippen molar-refractivity contribution < 1.29 is 79.2 Å². The van der Waals surface area contributed by atoms with Crippen LogP contribution >= 0.6 is 0 Å². The van der Waals surface area contributed by atoms with Crippen LogP contribution in [0.5, 0.6) is 0 Å². The minimum absolute atomic E-state index is 0. The quantitative estimate of drug-likeness (QED) is 0.308. The molecule has 18 heavy (non-hydrogen) atoms. The van der Waals surface area contributed by atoms with Crippen LogP contribution in [0.2, 0.25) is 0 Å². The van der Waals surface area contributed by atoms with Crippen molar-refractivity contribution in [2.45, 2.75) is 0 Å². The van der Waals surface area contributed by atoms with Gasteiger partial charge in [0.25, 0.3) is 0 Å². The summed E-state index contributed by atoms with van der Waals surface area (Å²) in [6, 6.07) is 0. The molecule has 0 aliphatic rings. The summed E-state index contributed by atoms with van der Waals surface area (Å²) in [5, 5.41) is 44.9. The third kappa shape index (κ3) is 2950. The van der Waals surface area contributed by atoms with Crippen molar-refractivity contribution in [3.05, 3.63) is 39.4 Å². The average Bonchev–Trinajstić information content (AvgIpc) is 2.44. The monoisotopic (exact) mass is 561 g/mol. The molecule has 0 aromatic rings. The summed E-state index contributed by atoms with van der Waals surface area (Å²) in [5.41, 5.74) is 0. The molecule has 0 spiro atoms. The minimum atomic E-state index is 0. The summed E-state index contributed by atoms with van der Waals surface area (Å²) >= 11 is 0.372. The molecule has 0 saturated carbocycles. The smallest absolute Gasteiger partial charge is 0.512 e. The van der Waals surface area contributed by atoms with E-state index >= 15 is 0 Å². The third-order valence-electron chi connectivity index (χ3n) is 0. The Morgan fingerprint density at radius 2 is 0.611 bits per heavy atom. The van der Waals surface area contributed by atoms with E-state index in [4.69, 9.17) is 76.3 Å². The molecule has 0 aliphatic heterocycles. The SMILES string of the molecule is N#[C][Hg].[C-]#N.[C-]#N.[C-]#N.[C-]#N.[C-]#N.[C-]#N.[Mn+2].[Ni+2].[Zn+2]. The van der Waals surface area contributed by atoms with Gasteiger partial charge in [0.15, 0.2) is 0 Å². The van der Waals surface area contributed by atoms with Crippen LogP contribution in [0.4, 0.5) is 0 Å². The largest absolute Gasteiger partial charge is 2.00 e. The number of nitriles is 1. The molecule has 0 saturated heterocycles. The third-order valence-corrected chi connectivity index (χ3v) is 0. The summed E-state index contributed by atoms with van der Waals surface area (Å²) in [5.74, 6) is 0. The van der Waals surface area contributed by atoms with E-state index in [1.54, 1.807) is 0 Å². The number of hydrogen-bond acceptors (Lipinski definition) is 7. The molecule has 0 aromatic heterocycles. The number of hydrogen-bond donors (Lipinski definition) is 0. The summed E-state index contributed by atoms with van der Waals surface area (Å²) in [6.07, 6.45) is 0. The molecular weight excluding hydrogens is 562 g/mol. The van der Waals surface area contributed by atoms with Crippen molar-refractivity contribution in [3.63, 3.8) is 0 Å². The maximum atomic E-state index is 7.41. The van der Waals surface area contributed by atoms with E-state index in [-0.39, 0.29) is 53.0 Å². The van der Waals surface area contributed by atoms with Gasteiger partial charge < -0.3 is 71.0 Å². The summed E-state index contributed by atoms with van der Waals surface area (Å²) < 4.78 is 1.94. The number of rotatable bonds is 0. The summed E-state index contributed by atoms with van der Waals surface area (Å²) in [4.78, 5) is 0. The Bertz CT molecular complexity index is 171. The Hall–Kier alpha value is -0.999. The van der Waals surface area contributed by atoms with Crippen LogP contribution < -0.4 is 0 Å². The van der Waals surface area contributed by atoms with Crippen LogP contribution in [0, 0.1) is 79.8 Å². The van der Waals surface area contributed by atoms with Gasteiger partial charge in [0.05, 0.1) is 0 Å². The van der Waals surface area contributed by atoms with Crippen molar-refractivity contribution in [2.24, 2.45) is 0 Å². The van der Waals surface area contributed by atoms with Gasteiger partial charge in [-0.1, -0.05) is 0 Å². The predicted octanol–water partition coefficient (Wildman–Crippen LogP) is 0.585. The van der Waals surface area contributed by atoms with Crippen LogP contribution in [-0.2, 0) is 79.2 Å². The molecule has 0 rings (SSSR count). The summed E-state index contributed by atoms with van der Waals surface area (Å²) in [7, 11) is 0.